The van der Waals surface area contributed by atoms with Gasteiger partial charge in [0.1, 0.15) is 0 Å². The predicted octanol–water partition coefficient (Wildman–Crippen LogP) is 1.99. The molecule has 0 atom stereocenters. The summed E-state index contributed by atoms with van der Waals surface area (Å²) in [5, 5.41) is 0. The lowest BCUT2D eigenvalue weighted by atomic mass is 10.4. The van der Waals surface area contributed by atoms with Gasteiger partial charge < -0.3 is 0 Å². The molecule has 0 amide bonds. The molecule has 0 radical (unpaired) electrons. The Balaban J connectivity index is 3.15. The molecule has 0 saturated heterocycles. The van der Waals surface area contributed by atoms with Gasteiger partial charge >= 0.3 is 0 Å². The first-order chi connectivity index (χ1) is 3.06. The lowest BCUT2D eigenvalue weighted by Gasteiger charge is -2.10. The van der Waals surface area contributed by atoms with E-state index in [1.54, 1.807) is 6.26 Å². The number of rotatable bonds is 2. The predicted molar refractivity (Wildman–Crippen MR) is 29.8 cm³/mol. The molecule has 0 bridgehead atoms. The van der Waals surface area contributed by atoms with Crippen LogP contribution >= 0.6 is 12.0 Å². The molecule has 0 aliphatic heterocycles. The van der Waals surface area contributed by atoms with E-state index in [4.69, 9.17) is 0 Å². The third-order valence-corrected chi connectivity index (χ3v) is 0.844. The van der Waals surface area contributed by atoms with Crippen LogP contribution in [0.3, 0.4) is 0 Å². The van der Waals surface area contributed by atoms with Crippen molar-refractivity contribution >= 4 is 12.0 Å². The quantitative estimate of drug-likeness (QED) is 0.520. The Bertz CT molecular complexity index is 50.1. The Morgan fingerprint density at radius 2 is 2.00 bits per heavy atom. The van der Waals surface area contributed by atoms with Gasteiger partial charge in [0.2, 0.25) is 5.85 Å². The molecule has 0 aromatic heterocycles. The Morgan fingerprint density at radius 3 is 2.00 bits per heavy atom. The van der Waals surface area contributed by atoms with Crippen LogP contribution < -0.4 is 0 Å². The fourth-order valence-corrected chi connectivity index (χ4v) is 0.594. The van der Waals surface area contributed by atoms with E-state index in [-0.39, 0.29) is 0 Å². The van der Waals surface area contributed by atoms with Crippen molar-refractivity contribution in [3.8, 4) is 0 Å². The zero-order chi connectivity index (χ0) is 5.91. The van der Waals surface area contributed by atoms with Gasteiger partial charge in [0, 0.05) is 6.26 Å². The maximum Gasteiger partial charge on any atom is 0.215 e. The number of hydrogen-bond acceptors (Lipinski definition) is 2. The van der Waals surface area contributed by atoms with Crippen LogP contribution in [0.15, 0.2) is 0 Å². The molecule has 0 heterocycles. The van der Waals surface area contributed by atoms with Gasteiger partial charge in [-0.15, -0.1) is 0 Å². The maximum atomic E-state index is 12.1. The summed E-state index contributed by atoms with van der Waals surface area (Å²) in [6.07, 6.45) is 1.68. The van der Waals surface area contributed by atoms with Crippen molar-refractivity contribution in [1.29, 1.82) is 0 Å². The van der Waals surface area contributed by atoms with Gasteiger partial charge in [-0.2, -0.15) is 0 Å². The van der Waals surface area contributed by atoms with Crippen LogP contribution in [-0.2, 0) is 4.18 Å². The summed E-state index contributed by atoms with van der Waals surface area (Å²) in [6, 6.07) is 0. The van der Waals surface area contributed by atoms with Crippen molar-refractivity contribution in [3.05, 3.63) is 0 Å². The minimum Gasteiger partial charge on any atom is -0.277 e. The molecule has 0 saturated carbocycles. The van der Waals surface area contributed by atoms with Gasteiger partial charge in [0.15, 0.2) is 0 Å². The molecule has 3 heteroatoms. The largest absolute Gasteiger partial charge is 0.277 e. The van der Waals surface area contributed by atoms with Gasteiger partial charge in [-0.3, -0.25) is 4.18 Å². The van der Waals surface area contributed by atoms with E-state index in [1.165, 1.54) is 13.8 Å². The lowest BCUT2D eigenvalue weighted by Crippen LogP contribution is -2.11. The molecule has 0 rings (SSSR count). The molecular weight excluding hydrogens is 115 g/mol. The Hall–Kier alpha value is 0.240. The van der Waals surface area contributed by atoms with Crippen LogP contribution in [0.1, 0.15) is 13.8 Å². The molecule has 0 aliphatic rings. The monoisotopic (exact) mass is 124 g/mol. The fraction of sp³-hybridized carbons (Fsp3) is 1.00. The van der Waals surface area contributed by atoms with Crippen molar-refractivity contribution in [2.24, 2.45) is 0 Å². The van der Waals surface area contributed by atoms with E-state index in [0.29, 0.717) is 0 Å². The minimum absolute atomic E-state index is 1.03. The van der Waals surface area contributed by atoms with E-state index < -0.39 is 5.85 Å². The molecule has 44 valence electrons. The molecule has 7 heavy (non-hydrogen) atoms. The van der Waals surface area contributed by atoms with E-state index >= 15 is 0 Å². The van der Waals surface area contributed by atoms with E-state index in [0.717, 1.165) is 12.0 Å². The second-order valence-electron chi connectivity index (χ2n) is 1.61. The summed E-state index contributed by atoms with van der Waals surface area (Å²) in [7, 11) is 0. The second kappa shape index (κ2) is 2.52. The van der Waals surface area contributed by atoms with Gasteiger partial charge in [0.25, 0.3) is 0 Å². The molecular formula is C4H9FOS. The lowest BCUT2D eigenvalue weighted by molar-refractivity contribution is -0.00664. The highest BCUT2D eigenvalue weighted by atomic mass is 32.2. The second-order valence-corrected chi connectivity index (χ2v) is 2.11. The highest BCUT2D eigenvalue weighted by Gasteiger charge is 2.13. The Kier molecular flexibility index (Phi) is 2.61. The third kappa shape index (κ3) is 6.24. The first-order valence-electron chi connectivity index (χ1n) is 1.97. The molecule has 0 spiro atoms. The smallest absolute Gasteiger partial charge is 0.215 e. The molecule has 0 aromatic carbocycles. The zero-order valence-electron chi connectivity index (χ0n) is 4.69. The maximum absolute atomic E-state index is 12.1. The molecule has 0 N–H and O–H groups in total. The Morgan fingerprint density at radius 1 is 1.57 bits per heavy atom. The van der Waals surface area contributed by atoms with Gasteiger partial charge in [-0.05, 0) is 25.9 Å². The highest BCUT2D eigenvalue weighted by Crippen LogP contribution is 2.15. The van der Waals surface area contributed by atoms with Crippen molar-refractivity contribution in [2.75, 3.05) is 6.26 Å². The van der Waals surface area contributed by atoms with E-state index in [9.17, 15) is 4.39 Å². The van der Waals surface area contributed by atoms with Gasteiger partial charge in [-0.1, -0.05) is 0 Å². The molecule has 0 aromatic rings. The molecule has 0 aliphatic carbocycles. The van der Waals surface area contributed by atoms with Crippen LogP contribution in [0.5, 0.6) is 0 Å². The normalized spacial score (nSPS) is 12.0. The van der Waals surface area contributed by atoms with Crippen LogP contribution in [0.2, 0.25) is 0 Å². The van der Waals surface area contributed by atoms with Crippen molar-refractivity contribution in [1.82, 2.24) is 0 Å². The van der Waals surface area contributed by atoms with Gasteiger partial charge in [-0.25, -0.2) is 4.39 Å². The molecule has 0 unspecified atom stereocenters. The average Bonchev–Trinajstić information content (AvgIpc) is 1.30. The summed E-state index contributed by atoms with van der Waals surface area (Å²) in [5.74, 6) is -1.49. The number of alkyl halides is 1. The molecule has 1 nitrogen and oxygen atoms in total. The zero-order valence-corrected chi connectivity index (χ0v) is 5.51. The fourth-order valence-electron chi connectivity index (χ4n) is 0.198. The third-order valence-electron chi connectivity index (χ3n) is 0.281. The topological polar surface area (TPSA) is 9.23 Å². The minimum atomic E-state index is -1.49. The van der Waals surface area contributed by atoms with Crippen LogP contribution in [-0.4, -0.2) is 12.1 Å². The van der Waals surface area contributed by atoms with Crippen LogP contribution in [0.4, 0.5) is 4.39 Å². The standard InChI is InChI=1S/C4H9FOS/c1-4(2,5)6-7-3/h1-3H3. The first kappa shape index (κ1) is 7.24. The van der Waals surface area contributed by atoms with Gasteiger partial charge in [0.05, 0.1) is 0 Å². The molecule has 0 fully saturated rings. The summed E-state index contributed by atoms with van der Waals surface area (Å²) in [5.41, 5.74) is 0. The number of hydrogen-bond donors (Lipinski definition) is 0. The Labute approximate surface area is 47.4 Å². The van der Waals surface area contributed by atoms with Crippen molar-refractivity contribution in [2.45, 2.75) is 19.7 Å². The van der Waals surface area contributed by atoms with E-state index in [2.05, 4.69) is 4.18 Å². The average molecular weight is 124 g/mol. The summed E-state index contributed by atoms with van der Waals surface area (Å²) in [6.45, 7) is 2.73. The van der Waals surface area contributed by atoms with Crippen LogP contribution in [0, 0.1) is 0 Å². The van der Waals surface area contributed by atoms with Crippen LogP contribution in [0.25, 0.3) is 0 Å². The SMILES string of the molecule is CSOC(C)(C)F. The van der Waals surface area contributed by atoms with Crippen molar-refractivity contribution in [3.63, 3.8) is 0 Å². The first-order valence-corrected chi connectivity index (χ1v) is 3.12. The summed E-state index contributed by atoms with van der Waals surface area (Å²) in [4.78, 5) is 0. The van der Waals surface area contributed by atoms with Crippen molar-refractivity contribution < 1.29 is 8.57 Å². The summed E-state index contributed by atoms with van der Waals surface area (Å²) >= 11 is 1.03. The summed E-state index contributed by atoms with van der Waals surface area (Å²) < 4.78 is 16.6. The highest BCUT2D eigenvalue weighted by molar-refractivity contribution is 7.93. The van der Waals surface area contributed by atoms with E-state index in [1.807, 2.05) is 0 Å². The number of halogens is 1.